The summed E-state index contributed by atoms with van der Waals surface area (Å²) in [5.74, 6) is 0. The first-order valence-electron chi connectivity index (χ1n) is 6.53. The number of nitrogens with zero attached hydrogens (tertiary/aromatic N) is 1. The van der Waals surface area contributed by atoms with E-state index in [2.05, 4.69) is 4.99 Å². The van der Waals surface area contributed by atoms with E-state index in [0.717, 1.165) is 16.7 Å². The first-order valence-corrected chi connectivity index (χ1v) is 7.34. The first kappa shape index (κ1) is 15.8. The molecular formula is C17H15Cl2NO. The van der Waals surface area contributed by atoms with E-state index >= 15 is 0 Å². The van der Waals surface area contributed by atoms with Gasteiger partial charge in [-0.15, -0.1) is 11.6 Å². The Bertz CT molecular complexity index is 660. The van der Waals surface area contributed by atoms with Crippen LogP contribution in [0.4, 0.5) is 0 Å². The van der Waals surface area contributed by atoms with E-state index in [1.807, 2.05) is 62.4 Å². The van der Waals surface area contributed by atoms with Gasteiger partial charge in [0.25, 0.3) is 0 Å². The van der Waals surface area contributed by atoms with Crippen LogP contribution in [0.2, 0.25) is 0 Å². The maximum absolute atomic E-state index is 10.8. The summed E-state index contributed by atoms with van der Waals surface area (Å²) in [6, 6.07) is 15.1. The van der Waals surface area contributed by atoms with Crippen LogP contribution in [0.25, 0.3) is 0 Å². The third kappa shape index (κ3) is 3.36. The molecule has 0 saturated carbocycles. The molecule has 2 rings (SSSR count). The number of benzene rings is 2. The Balaban J connectivity index is 2.48. The lowest BCUT2D eigenvalue weighted by atomic mass is 9.96. The molecule has 21 heavy (non-hydrogen) atoms. The largest absolute Gasteiger partial charge is 0.237 e. The fourth-order valence-corrected chi connectivity index (χ4v) is 2.68. The zero-order chi connectivity index (χ0) is 15.5. The van der Waals surface area contributed by atoms with Crippen molar-refractivity contribution in [1.82, 2.24) is 0 Å². The minimum Gasteiger partial charge on any atom is -0.211 e. The number of carbonyl (C=O) groups excluding carboxylic acids is 1. The summed E-state index contributed by atoms with van der Waals surface area (Å²) >= 11 is 13.1. The second-order valence-corrected chi connectivity index (χ2v) is 6.03. The lowest BCUT2D eigenvalue weighted by Gasteiger charge is -2.27. The van der Waals surface area contributed by atoms with Gasteiger partial charge in [-0.25, -0.2) is 4.79 Å². The number of alkyl halides is 2. The van der Waals surface area contributed by atoms with Gasteiger partial charge in [-0.1, -0.05) is 71.3 Å². The molecule has 2 aromatic carbocycles. The molecule has 2 aromatic rings. The van der Waals surface area contributed by atoms with Crippen molar-refractivity contribution in [2.45, 2.75) is 24.2 Å². The molecule has 0 N–H and O–H groups in total. The van der Waals surface area contributed by atoms with E-state index in [1.165, 1.54) is 0 Å². The second-order valence-electron chi connectivity index (χ2n) is 5.02. The minimum absolute atomic E-state index is 0.665. The van der Waals surface area contributed by atoms with Crippen molar-refractivity contribution >= 4 is 29.3 Å². The highest BCUT2D eigenvalue weighted by Gasteiger charge is 2.38. The molecule has 0 spiro atoms. The van der Waals surface area contributed by atoms with Gasteiger partial charge in [0.1, 0.15) is 5.38 Å². The van der Waals surface area contributed by atoms with E-state index in [1.54, 1.807) is 6.08 Å². The average Bonchev–Trinajstić information content (AvgIpc) is 2.48. The van der Waals surface area contributed by atoms with Crippen LogP contribution >= 0.6 is 23.2 Å². The molecule has 0 bridgehead atoms. The van der Waals surface area contributed by atoms with Crippen LogP contribution in [-0.4, -0.2) is 6.08 Å². The van der Waals surface area contributed by atoms with E-state index in [0.29, 0.717) is 5.56 Å². The fraction of sp³-hybridized carbons (Fsp3) is 0.235. The second kappa shape index (κ2) is 6.44. The molecule has 4 heteroatoms. The summed E-state index contributed by atoms with van der Waals surface area (Å²) < 4.78 is 0. The Labute approximate surface area is 134 Å². The number of rotatable bonds is 4. The molecule has 0 fully saturated rings. The molecule has 0 aliphatic rings. The highest BCUT2D eigenvalue weighted by atomic mass is 35.5. The van der Waals surface area contributed by atoms with Crippen molar-refractivity contribution in [1.29, 1.82) is 0 Å². The summed E-state index contributed by atoms with van der Waals surface area (Å²) in [6.07, 6.45) is 1.54. The standard InChI is InChI=1S/C17H15Cl2NO/c1-12-3-7-14(8-4-12)16(18)17(19,20-11-21)15-9-5-13(2)6-10-15/h3-10,16H,1-2H3. The third-order valence-electron chi connectivity index (χ3n) is 3.37. The Hall–Kier alpha value is -1.60. The number of aryl methyl sites for hydroxylation is 2. The number of hydrogen-bond donors (Lipinski definition) is 0. The van der Waals surface area contributed by atoms with Gasteiger partial charge in [0, 0.05) is 0 Å². The van der Waals surface area contributed by atoms with Crippen LogP contribution in [0.5, 0.6) is 0 Å². The maximum atomic E-state index is 10.8. The normalized spacial score (nSPS) is 14.9. The van der Waals surface area contributed by atoms with Crippen LogP contribution < -0.4 is 0 Å². The van der Waals surface area contributed by atoms with Crippen molar-refractivity contribution < 1.29 is 4.79 Å². The molecule has 0 heterocycles. The molecule has 2 unspecified atom stereocenters. The monoisotopic (exact) mass is 319 g/mol. The first-order chi connectivity index (χ1) is 9.97. The van der Waals surface area contributed by atoms with Crippen molar-refractivity contribution in [3.63, 3.8) is 0 Å². The smallest absolute Gasteiger partial charge is 0.211 e. The van der Waals surface area contributed by atoms with Crippen LogP contribution in [0.15, 0.2) is 53.5 Å². The molecule has 2 nitrogen and oxygen atoms in total. The average molecular weight is 320 g/mol. The van der Waals surface area contributed by atoms with E-state index in [-0.39, 0.29) is 0 Å². The number of aliphatic imine (C=N–C) groups is 1. The van der Waals surface area contributed by atoms with Crippen molar-refractivity contribution in [3.05, 3.63) is 70.8 Å². The Morgan fingerprint density at radius 3 is 1.95 bits per heavy atom. The summed E-state index contributed by atoms with van der Waals surface area (Å²) in [5, 5.41) is -0.677. The summed E-state index contributed by atoms with van der Waals surface area (Å²) in [6.45, 7) is 3.96. The molecule has 2 atom stereocenters. The van der Waals surface area contributed by atoms with Gasteiger partial charge in [-0.3, -0.25) is 0 Å². The van der Waals surface area contributed by atoms with Gasteiger partial charge in [-0.2, -0.15) is 4.99 Å². The predicted octanol–water partition coefficient (Wildman–Crippen LogP) is 5.01. The van der Waals surface area contributed by atoms with Gasteiger partial charge in [0.05, 0.1) is 0 Å². The van der Waals surface area contributed by atoms with Gasteiger partial charge in [0.2, 0.25) is 6.08 Å². The topological polar surface area (TPSA) is 29.4 Å². The molecule has 0 amide bonds. The van der Waals surface area contributed by atoms with Gasteiger partial charge >= 0.3 is 0 Å². The van der Waals surface area contributed by atoms with Gasteiger partial charge in [-0.05, 0) is 25.0 Å². The van der Waals surface area contributed by atoms with E-state index < -0.39 is 10.4 Å². The summed E-state index contributed by atoms with van der Waals surface area (Å²) in [4.78, 5) is 13.2. The van der Waals surface area contributed by atoms with Gasteiger partial charge in [0.15, 0.2) is 5.00 Å². The maximum Gasteiger partial charge on any atom is 0.237 e. The predicted molar refractivity (Wildman–Crippen MR) is 86.6 cm³/mol. The lowest BCUT2D eigenvalue weighted by molar-refractivity contribution is 0.545. The summed E-state index contributed by atoms with van der Waals surface area (Å²) in [5.41, 5.74) is 3.68. The minimum atomic E-state index is -1.37. The highest BCUT2D eigenvalue weighted by molar-refractivity contribution is 6.32. The SMILES string of the molecule is Cc1ccc(C(Cl)C(Cl)(N=C=O)c2ccc(C)cc2)cc1. The zero-order valence-electron chi connectivity index (χ0n) is 11.8. The molecular weight excluding hydrogens is 305 g/mol. The van der Waals surface area contributed by atoms with E-state index in [4.69, 9.17) is 23.2 Å². The summed E-state index contributed by atoms with van der Waals surface area (Å²) in [7, 11) is 0. The van der Waals surface area contributed by atoms with E-state index in [9.17, 15) is 4.79 Å². The Kier molecular flexibility index (Phi) is 4.84. The molecule has 0 radical (unpaired) electrons. The van der Waals surface area contributed by atoms with Crippen LogP contribution in [0.1, 0.15) is 27.6 Å². The number of isocyanates is 1. The van der Waals surface area contributed by atoms with Crippen molar-refractivity contribution in [2.24, 2.45) is 4.99 Å². The molecule has 0 aliphatic heterocycles. The van der Waals surface area contributed by atoms with Crippen LogP contribution in [-0.2, 0) is 9.79 Å². The Morgan fingerprint density at radius 1 is 1.00 bits per heavy atom. The van der Waals surface area contributed by atoms with Crippen molar-refractivity contribution in [3.8, 4) is 0 Å². The fourth-order valence-electron chi connectivity index (χ4n) is 2.08. The quantitative estimate of drug-likeness (QED) is 0.337. The highest BCUT2D eigenvalue weighted by Crippen LogP contribution is 2.46. The van der Waals surface area contributed by atoms with Gasteiger partial charge < -0.3 is 0 Å². The van der Waals surface area contributed by atoms with Crippen LogP contribution in [0, 0.1) is 13.8 Å². The molecule has 0 aromatic heterocycles. The number of halogens is 2. The number of hydrogen-bond acceptors (Lipinski definition) is 2. The third-order valence-corrected chi connectivity index (χ3v) is 4.57. The molecule has 0 aliphatic carbocycles. The van der Waals surface area contributed by atoms with Crippen molar-refractivity contribution in [2.75, 3.05) is 0 Å². The Morgan fingerprint density at radius 2 is 1.48 bits per heavy atom. The lowest BCUT2D eigenvalue weighted by Crippen LogP contribution is -2.22. The molecule has 0 saturated heterocycles. The molecule has 108 valence electrons. The zero-order valence-corrected chi connectivity index (χ0v) is 13.3. The van der Waals surface area contributed by atoms with Crippen LogP contribution in [0.3, 0.4) is 0 Å².